The number of nitrogens with two attached hydrogens (primary N) is 1. The van der Waals surface area contributed by atoms with Gasteiger partial charge in [0.05, 0.1) is 22.8 Å². The Morgan fingerprint density at radius 3 is 2.81 bits per heavy atom. The number of carbonyl (C=O) groups is 1. The monoisotopic (exact) mass is 305 g/mol. The summed E-state index contributed by atoms with van der Waals surface area (Å²) < 4.78 is 5.71. The largest absolute Gasteiger partial charge is 0.396 e. The fourth-order valence-electron chi connectivity index (χ4n) is 2.67. The standard InChI is InChI=1S/C15H19N3O2S/c1-15(2)8-18(5-6-20-15)14-10(7-16)11(17)13(21-14)12(19)9-3-4-9/h9H,3-6,8,17H2,1-2H3. The van der Waals surface area contributed by atoms with Crippen LogP contribution in [0, 0.1) is 17.2 Å². The van der Waals surface area contributed by atoms with Gasteiger partial charge in [-0.05, 0) is 26.7 Å². The third kappa shape index (κ3) is 2.63. The molecule has 1 aromatic rings. The molecule has 5 nitrogen and oxygen atoms in total. The molecule has 0 radical (unpaired) electrons. The SMILES string of the molecule is CC1(C)CN(c2sc(C(=O)C3CC3)c(N)c2C#N)CCO1. The molecular weight excluding hydrogens is 286 g/mol. The predicted octanol–water partition coefficient (Wildman–Crippen LogP) is 2.41. The van der Waals surface area contributed by atoms with Gasteiger partial charge in [-0.1, -0.05) is 0 Å². The van der Waals surface area contributed by atoms with Crippen molar-refractivity contribution in [2.45, 2.75) is 32.3 Å². The molecule has 3 rings (SSSR count). The van der Waals surface area contributed by atoms with Crippen LogP contribution in [0.4, 0.5) is 10.7 Å². The minimum Gasteiger partial charge on any atom is -0.396 e. The number of ether oxygens (including phenoxy) is 1. The minimum absolute atomic E-state index is 0.104. The van der Waals surface area contributed by atoms with E-state index in [9.17, 15) is 10.1 Å². The summed E-state index contributed by atoms with van der Waals surface area (Å²) in [5.74, 6) is 0.222. The number of nitrogen functional groups attached to an aromatic ring is 1. The summed E-state index contributed by atoms with van der Waals surface area (Å²) >= 11 is 1.37. The van der Waals surface area contributed by atoms with Crippen LogP contribution in [0.5, 0.6) is 0 Å². The Morgan fingerprint density at radius 1 is 1.52 bits per heavy atom. The van der Waals surface area contributed by atoms with E-state index in [1.807, 2.05) is 13.8 Å². The van der Waals surface area contributed by atoms with Crippen LogP contribution in [-0.4, -0.2) is 31.1 Å². The number of morpholine rings is 1. The summed E-state index contributed by atoms with van der Waals surface area (Å²) in [4.78, 5) is 15.0. The van der Waals surface area contributed by atoms with Crippen LogP contribution in [0.2, 0.25) is 0 Å². The van der Waals surface area contributed by atoms with E-state index in [1.54, 1.807) is 0 Å². The van der Waals surface area contributed by atoms with Crippen LogP contribution < -0.4 is 10.6 Å². The number of hydrogen-bond donors (Lipinski definition) is 1. The second-order valence-electron chi connectivity index (χ2n) is 6.31. The number of anilines is 2. The maximum absolute atomic E-state index is 12.3. The van der Waals surface area contributed by atoms with Crippen LogP contribution in [0.3, 0.4) is 0 Å². The Bertz CT molecular complexity index is 626. The zero-order chi connectivity index (χ0) is 15.2. The summed E-state index contributed by atoms with van der Waals surface area (Å²) in [6.45, 7) is 6.08. The second kappa shape index (κ2) is 5.00. The fourth-order valence-corrected chi connectivity index (χ4v) is 3.88. The number of ketones is 1. The van der Waals surface area contributed by atoms with E-state index in [4.69, 9.17) is 10.5 Å². The molecule has 2 heterocycles. The highest BCUT2D eigenvalue weighted by atomic mass is 32.1. The Labute approximate surface area is 128 Å². The third-order valence-corrected chi connectivity index (χ3v) is 5.20. The number of carbonyl (C=O) groups excluding carboxylic acids is 1. The van der Waals surface area contributed by atoms with E-state index in [-0.39, 0.29) is 17.3 Å². The summed E-state index contributed by atoms with van der Waals surface area (Å²) in [5, 5.41) is 10.2. The lowest BCUT2D eigenvalue weighted by atomic mass is 10.1. The first-order valence-corrected chi connectivity index (χ1v) is 8.00. The molecular formula is C15H19N3O2S. The van der Waals surface area contributed by atoms with Gasteiger partial charge in [-0.2, -0.15) is 5.26 Å². The molecule has 0 amide bonds. The predicted molar refractivity (Wildman–Crippen MR) is 82.7 cm³/mol. The van der Waals surface area contributed by atoms with Crippen molar-refractivity contribution >= 4 is 27.8 Å². The van der Waals surface area contributed by atoms with Crippen molar-refractivity contribution in [1.29, 1.82) is 5.26 Å². The molecule has 0 unspecified atom stereocenters. The van der Waals surface area contributed by atoms with Gasteiger partial charge in [-0.15, -0.1) is 11.3 Å². The van der Waals surface area contributed by atoms with Gasteiger partial charge >= 0.3 is 0 Å². The summed E-state index contributed by atoms with van der Waals surface area (Å²) in [6.07, 6.45) is 1.88. The lowest BCUT2D eigenvalue weighted by Crippen LogP contribution is -2.48. The van der Waals surface area contributed by atoms with Gasteiger partial charge in [0.15, 0.2) is 5.78 Å². The normalized spacial score (nSPS) is 21.1. The highest BCUT2D eigenvalue weighted by Gasteiger charge is 2.36. The highest BCUT2D eigenvalue weighted by Crippen LogP contribution is 2.43. The van der Waals surface area contributed by atoms with Gasteiger partial charge in [-0.25, -0.2) is 0 Å². The van der Waals surface area contributed by atoms with E-state index in [0.717, 1.165) is 24.4 Å². The Kier molecular flexibility index (Phi) is 3.42. The maximum Gasteiger partial charge on any atom is 0.178 e. The smallest absolute Gasteiger partial charge is 0.178 e. The molecule has 21 heavy (non-hydrogen) atoms. The van der Waals surface area contributed by atoms with Gasteiger partial charge in [0.1, 0.15) is 16.6 Å². The van der Waals surface area contributed by atoms with Gasteiger partial charge in [0.2, 0.25) is 0 Å². The molecule has 0 atom stereocenters. The van der Waals surface area contributed by atoms with Gasteiger partial charge in [-0.3, -0.25) is 4.79 Å². The Morgan fingerprint density at radius 2 is 2.24 bits per heavy atom. The van der Waals surface area contributed by atoms with E-state index in [1.165, 1.54) is 11.3 Å². The quantitative estimate of drug-likeness (QED) is 0.867. The molecule has 1 aliphatic heterocycles. The van der Waals surface area contributed by atoms with Gasteiger partial charge in [0.25, 0.3) is 0 Å². The van der Waals surface area contributed by atoms with Crippen LogP contribution >= 0.6 is 11.3 Å². The molecule has 1 saturated carbocycles. The Hall–Kier alpha value is -1.58. The van der Waals surface area contributed by atoms with Crippen molar-refractivity contribution in [2.24, 2.45) is 5.92 Å². The second-order valence-corrected chi connectivity index (χ2v) is 7.30. The van der Waals surface area contributed by atoms with E-state index in [0.29, 0.717) is 29.3 Å². The molecule has 0 spiro atoms. The van der Waals surface area contributed by atoms with E-state index >= 15 is 0 Å². The number of Topliss-reactive ketones (excluding diaryl/α,β-unsaturated/α-hetero) is 1. The lowest BCUT2D eigenvalue weighted by molar-refractivity contribution is -0.0275. The summed E-state index contributed by atoms with van der Waals surface area (Å²) in [7, 11) is 0. The average Bonchev–Trinajstić information content (AvgIpc) is 3.21. The zero-order valence-electron chi connectivity index (χ0n) is 12.3. The van der Waals surface area contributed by atoms with Crippen LogP contribution in [0.25, 0.3) is 0 Å². The first-order chi connectivity index (χ1) is 9.93. The third-order valence-electron chi connectivity index (χ3n) is 3.92. The first-order valence-electron chi connectivity index (χ1n) is 7.18. The average molecular weight is 305 g/mol. The zero-order valence-corrected chi connectivity index (χ0v) is 13.1. The minimum atomic E-state index is -0.260. The lowest BCUT2D eigenvalue weighted by Gasteiger charge is -2.38. The highest BCUT2D eigenvalue weighted by molar-refractivity contribution is 7.19. The van der Waals surface area contributed by atoms with E-state index < -0.39 is 0 Å². The molecule has 2 fully saturated rings. The molecule has 0 aromatic carbocycles. The number of rotatable bonds is 3. The number of nitriles is 1. The molecule has 1 aliphatic carbocycles. The number of nitrogens with zero attached hydrogens (tertiary/aromatic N) is 2. The summed E-state index contributed by atoms with van der Waals surface area (Å²) in [6, 6.07) is 2.17. The molecule has 1 saturated heterocycles. The molecule has 2 N–H and O–H groups in total. The van der Waals surface area contributed by atoms with Gasteiger partial charge in [0, 0.05) is 19.0 Å². The van der Waals surface area contributed by atoms with Crippen molar-refractivity contribution in [1.82, 2.24) is 0 Å². The molecule has 0 bridgehead atoms. The molecule has 112 valence electrons. The van der Waals surface area contributed by atoms with Crippen LogP contribution in [0.15, 0.2) is 0 Å². The van der Waals surface area contributed by atoms with Crippen molar-refractivity contribution in [3.05, 3.63) is 10.4 Å². The number of thiophene rings is 1. The fraction of sp³-hybridized carbons (Fsp3) is 0.600. The molecule has 6 heteroatoms. The van der Waals surface area contributed by atoms with E-state index in [2.05, 4.69) is 11.0 Å². The maximum atomic E-state index is 12.3. The van der Waals surface area contributed by atoms with Crippen molar-refractivity contribution < 1.29 is 9.53 Å². The Balaban J connectivity index is 1.96. The van der Waals surface area contributed by atoms with Crippen LogP contribution in [0.1, 0.15) is 41.9 Å². The van der Waals surface area contributed by atoms with Crippen molar-refractivity contribution in [2.75, 3.05) is 30.3 Å². The number of hydrogen-bond acceptors (Lipinski definition) is 6. The van der Waals surface area contributed by atoms with Crippen molar-refractivity contribution in [3.8, 4) is 6.07 Å². The molecule has 2 aliphatic rings. The van der Waals surface area contributed by atoms with Gasteiger partial charge < -0.3 is 15.4 Å². The summed E-state index contributed by atoms with van der Waals surface area (Å²) in [5.41, 5.74) is 6.61. The van der Waals surface area contributed by atoms with Crippen LogP contribution in [-0.2, 0) is 4.74 Å². The first kappa shape index (κ1) is 14.4. The topological polar surface area (TPSA) is 79.4 Å². The molecule has 1 aromatic heterocycles. The van der Waals surface area contributed by atoms with Crippen molar-refractivity contribution in [3.63, 3.8) is 0 Å².